The van der Waals surface area contributed by atoms with E-state index >= 15 is 0 Å². The third-order valence-corrected chi connectivity index (χ3v) is 5.00. The smallest absolute Gasteiger partial charge is 0.101 e. The number of aromatic nitrogens is 1. The van der Waals surface area contributed by atoms with Crippen molar-refractivity contribution >= 4 is 10.9 Å². The van der Waals surface area contributed by atoms with Crippen LogP contribution in [0.25, 0.3) is 10.9 Å². The maximum absolute atomic E-state index is 10.6. The van der Waals surface area contributed by atoms with Gasteiger partial charge in [0.2, 0.25) is 0 Å². The summed E-state index contributed by atoms with van der Waals surface area (Å²) in [5.74, 6) is 0. The molecule has 2 heterocycles. The Hall–Kier alpha value is -2.61. The van der Waals surface area contributed by atoms with E-state index in [0.29, 0.717) is 18.7 Å². The van der Waals surface area contributed by atoms with Crippen LogP contribution in [0, 0.1) is 11.3 Å². The molecule has 2 aromatic carbocycles. The molecule has 3 aromatic rings. The van der Waals surface area contributed by atoms with Gasteiger partial charge in [-0.05, 0) is 23.6 Å². The lowest BCUT2D eigenvalue weighted by atomic mass is 10.00. The molecular formula is C21H21N3O. The SMILES string of the molecule is N#Cc1cn(C[C@H](O)CN2CCc3ccccc3C2)c2ccccc12. The van der Waals surface area contributed by atoms with Crippen LogP contribution in [0.2, 0.25) is 0 Å². The van der Waals surface area contributed by atoms with Gasteiger partial charge in [0.15, 0.2) is 0 Å². The maximum Gasteiger partial charge on any atom is 0.101 e. The summed E-state index contributed by atoms with van der Waals surface area (Å²) in [6, 6.07) is 18.6. The zero-order valence-electron chi connectivity index (χ0n) is 14.1. The van der Waals surface area contributed by atoms with Crippen LogP contribution in [0.1, 0.15) is 16.7 Å². The van der Waals surface area contributed by atoms with Gasteiger partial charge in [-0.2, -0.15) is 5.26 Å². The number of para-hydroxylation sites is 1. The lowest BCUT2D eigenvalue weighted by Gasteiger charge is -2.30. The van der Waals surface area contributed by atoms with Crippen LogP contribution in [0.15, 0.2) is 54.7 Å². The number of aliphatic hydroxyl groups excluding tert-OH is 1. The second kappa shape index (κ2) is 6.72. The molecule has 1 N–H and O–H groups in total. The van der Waals surface area contributed by atoms with E-state index in [1.54, 1.807) is 0 Å². The molecule has 4 rings (SSSR count). The highest BCUT2D eigenvalue weighted by atomic mass is 16.3. The molecular weight excluding hydrogens is 310 g/mol. The van der Waals surface area contributed by atoms with Gasteiger partial charge in [-0.1, -0.05) is 42.5 Å². The van der Waals surface area contributed by atoms with Gasteiger partial charge in [0.05, 0.1) is 11.7 Å². The van der Waals surface area contributed by atoms with Crippen LogP contribution < -0.4 is 0 Å². The number of nitrogens with zero attached hydrogens (tertiary/aromatic N) is 3. The normalized spacial score (nSPS) is 15.7. The molecule has 0 saturated carbocycles. The Morgan fingerprint density at radius 2 is 1.80 bits per heavy atom. The molecule has 0 amide bonds. The first kappa shape index (κ1) is 15.9. The Morgan fingerprint density at radius 3 is 2.64 bits per heavy atom. The first-order valence-electron chi connectivity index (χ1n) is 8.70. The van der Waals surface area contributed by atoms with Crippen molar-refractivity contribution in [3.63, 3.8) is 0 Å². The molecule has 1 aliphatic rings. The quantitative estimate of drug-likeness (QED) is 0.800. The fourth-order valence-corrected chi connectivity index (χ4v) is 3.78. The minimum Gasteiger partial charge on any atom is -0.390 e. The van der Waals surface area contributed by atoms with Gasteiger partial charge in [-0.15, -0.1) is 0 Å². The molecule has 0 bridgehead atoms. The largest absolute Gasteiger partial charge is 0.390 e. The number of fused-ring (bicyclic) bond motifs is 2. The Morgan fingerprint density at radius 1 is 1.04 bits per heavy atom. The van der Waals surface area contributed by atoms with E-state index in [1.165, 1.54) is 11.1 Å². The van der Waals surface area contributed by atoms with E-state index in [0.717, 1.165) is 30.4 Å². The standard InChI is InChI=1S/C21H21N3O/c22-11-18-13-24(21-8-4-3-7-20(18)21)15-19(25)14-23-10-9-16-5-1-2-6-17(16)12-23/h1-8,13,19,25H,9-10,12,14-15H2/t19-/m1/s1. The summed E-state index contributed by atoms with van der Waals surface area (Å²) >= 11 is 0. The van der Waals surface area contributed by atoms with Crippen molar-refractivity contribution in [1.82, 2.24) is 9.47 Å². The molecule has 4 nitrogen and oxygen atoms in total. The summed E-state index contributed by atoms with van der Waals surface area (Å²) in [4.78, 5) is 2.31. The average molecular weight is 331 g/mol. The van der Waals surface area contributed by atoms with Gasteiger partial charge < -0.3 is 9.67 Å². The zero-order chi connectivity index (χ0) is 17.2. The van der Waals surface area contributed by atoms with Crippen molar-refractivity contribution in [1.29, 1.82) is 5.26 Å². The number of benzene rings is 2. The predicted octanol–water partition coefficient (Wildman–Crippen LogP) is 2.93. The first-order valence-corrected chi connectivity index (χ1v) is 8.70. The molecule has 1 atom stereocenters. The Labute approximate surface area is 147 Å². The van der Waals surface area contributed by atoms with Crippen LogP contribution in [0.5, 0.6) is 0 Å². The minimum atomic E-state index is -0.465. The van der Waals surface area contributed by atoms with E-state index in [9.17, 15) is 10.4 Å². The second-order valence-electron chi connectivity index (χ2n) is 6.73. The molecule has 0 fully saturated rings. The van der Waals surface area contributed by atoms with E-state index in [2.05, 4.69) is 35.2 Å². The monoisotopic (exact) mass is 331 g/mol. The maximum atomic E-state index is 10.6. The lowest BCUT2D eigenvalue weighted by Crippen LogP contribution is -2.38. The summed E-state index contributed by atoms with van der Waals surface area (Å²) in [6.07, 6.45) is 2.42. The van der Waals surface area contributed by atoms with E-state index < -0.39 is 6.10 Å². The van der Waals surface area contributed by atoms with Crippen molar-refractivity contribution in [2.75, 3.05) is 13.1 Å². The molecule has 1 aromatic heterocycles. The molecule has 0 spiro atoms. The number of hydrogen-bond donors (Lipinski definition) is 1. The zero-order valence-corrected chi connectivity index (χ0v) is 14.1. The molecule has 1 aliphatic heterocycles. The highest BCUT2D eigenvalue weighted by molar-refractivity contribution is 5.86. The third kappa shape index (κ3) is 3.17. The summed E-state index contributed by atoms with van der Waals surface area (Å²) < 4.78 is 2.00. The van der Waals surface area contributed by atoms with Crippen LogP contribution in [-0.2, 0) is 19.5 Å². The van der Waals surface area contributed by atoms with Crippen molar-refractivity contribution in [2.24, 2.45) is 0 Å². The van der Waals surface area contributed by atoms with E-state index in [4.69, 9.17) is 0 Å². The second-order valence-corrected chi connectivity index (χ2v) is 6.73. The van der Waals surface area contributed by atoms with Gasteiger partial charge in [0, 0.05) is 43.3 Å². The van der Waals surface area contributed by atoms with Crippen LogP contribution in [-0.4, -0.2) is 33.8 Å². The van der Waals surface area contributed by atoms with Crippen LogP contribution in [0.4, 0.5) is 0 Å². The third-order valence-electron chi connectivity index (χ3n) is 5.00. The van der Waals surface area contributed by atoms with Gasteiger partial charge in [0.1, 0.15) is 6.07 Å². The first-order chi connectivity index (χ1) is 12.2. The van der Waals surface area contributed by atoms with E-state index in [-0.39, 0.29) is 0 Å². The highest BCUT2D eigenvalue weighted by Gasteiger charge is 2.19. The topological polar surface area (TPSA) is 52.2 Å². The lowest BCUT2D eigenvalue weighted by molar-refractivity contribution is 0.0928. The Bertz CT molecular complexity index is 938. The van der Waals surface area contributed by atoms with Crippen molar-refractivity contribution in [3.05, 3.63) is 71.4 Å². The summed E-state index contributed by atoms with van der Waals surface area (Å²) in [6.45, 7) is 3.01. The summed E-state index contributed by atoms with van der Waals surface area (Å²) in [5, 5.41) is 20.9. The molecule has 4 heteroatoms. The summed E-state index contributed by atoms with van der Waals surface area (Å²) in [5.41, 5.74) is 4.44. The number of nitriles is 1. The molecule has 0 unspecified atom stereocenters. The summed E-state index contributed by atoms with van der Waals surface area (Å²) in [7, 11) is 0. The number of β-amino-alcohol motifs (C(OH)–C–C–N with tert-alkyl or cyclic N) is 1. The number of aliphatic hydroxyl groups is 1. The van der Waals surface area contributed by atoms with Gasteiger partial charge in [-0.25, -0.2) is 0 Å². The fraction of sp³-hybridized carbons (Fsp3) is 0.286. The highest BCUT2D eigenvalue weighted by Crippen LogP contribution is 2.22. The fourth-order valence-electron chi connectivity index (χ4n) is 3.78. The van der Waals surface area contributed by atoms with Gasteiger partial charge in [0.25, 0.3) is 0 Å². The molecule has 0 saturated heterocycles. The van der Waals surface area contributed by atoms with E-state index in [1.807, 2.05) is 35.0 Å². The van der Waals surface area contributed by atoms with Crippen molar-refractivity contribution < 1.29 is 5.11 Å². The predicted molar refractivity (Wildman–Crippen MR) is 98.1 cm³/mol. The molecule has 126 valence electrons. The van der Waals surface area contributed by atoms with Gasteiger partial charge in [-0.3, -0.25) is 4.90 Å². The number of hydrogen-bond acceptors (Lipinski definition) is 3. The molecule has 0 radical (unpaired) electrons. The van der Waals surface area contributed by atoms with Crippen LogP contribution in [0.3, 0.4) is 0 Å². The minimum absolute atomic E-state index is 0.465. The van der Waals surface area contributed by atoms with Gasteiger partial charge >= 0.3 is 0 Å². The number of rotatable bonds is 4. The Balaban J connectivity index is 1.47. The Kier molecular flexibility index (Phi) is 4.27. The molecule has 0 aliphatic carbocycles. The average Bonchev–Trinajstić information content (AvgIpc) is 2.99. The van der Waals surface area contributed by atoms with Crippen LogP contribution >= 0.6 is 0 Å². The van der Waals surface area contributed by atoms with Crippen molar-refractivity contribution in [2.45, 2.75) is 25.6 Å². The molecule has 25 heavy (non-hydrogen) atoms. The van der Waals surface area contributed by atoms with Crippen molar-refractivity contribution in [3.8, 4) is 6.07 Å².